The smallest absolute Gasteiger partial charge is 0.311 e. The van der Waals surface area contributed by atoms with Gasteiger partial charge in [0.05, 0.1) is 6.54 Å². The number of alkyl halides is 3. The maximum atomic E-state index is 11.6. The molecule has 0 saturated carbocycles. The van der Waals surface area contributed by atoms with Crippen LogP contribution in [0, 0.1) is 0 Å². The fraction of sp³-hybridized carbons (Fsp3) is 1.00. The topological polar surface area (TPSA) is 24.1 Å². The molecular formula is C8H17F3N2. The summed E-state index contributed by atoms with van der Waals surface area (Å²) in [6.45, 7) is 5.86. The van der Waals surface area contributed by atoms with Crippen molar-refractivity contribution in [2.24, 2.45) is 0 Å². The molecule has 0 unspecified atom stereocenters. The van der Waals surface area contributed by atoms with Crippen molar-refractivity contribution in [3.63, 3.8) is 0 Å². The molecule has 0 aliphatic heterocycles. The molecule has 0 aromatic carbocycles. The van der Waals surface area contributed by atoms with Crippen molar-refractivity contribution in [3.05, 3.63) is 0 Å². The lowest BCUT2D eigenvalue weighted by Gasteiger charge is -2.20. The van der Waals surface area contributed by atoms with Gasteiger partial charge in [-0.15, -0.1) is 0 Å². The van der Waals surface area contributed by atoms with Gasteiger partial charge in [0.25, 0.3) is 0 Å². The van der Waals surface area contributed by atoms with E-state index in [0.717, 1.165) is 0 Å². The molecule has 13 heavy (non-hydrogen) atoms. The highest BCUT2D eigenvalue weighted by atomic mass is 19.4. The van der Waals surface area contributed by atoms with Crippen LogP contribution < -0.4 is 10.6 Å². The van der Waals surface area contributed by atoms with E-state index in [-0.39, 0.29) is 5.54 Å². The minimum atomic E-state index is -4.11. The third-order valence-electron chi connectivity index (χ3n) is 1.28. The Hall–Kier alpha value is -0.290. The molecule has 0 fully saturated rings. The molecule has 5 heteroatoms. The zero-order valence-corrected chi connectivity index (χ0v) is 8.26. The van der Waals surface area contributed by atoms with Crippen molar-refractivity contribution in [2.45, 2.75) is 32.5 Å². The van der Waals surface area contributed by atoms with Gasteiger partial charge in [0, 0.05) is 18.6 Å². The van der Waals surface area contributed by atoms with Crippen LogP contribution in [0.2, 0.25) is 0 Å². The summed E-state index contributed by atoms with van der Waals surface area (Å²) >= 11 is 0. The average molecular weight is 198 g/mol. The Morgan fingerprint density at radius 1 is 1.00 bits per heavy atom. The van der Waals surface area contributed by atoms with E-state index in [4.69, 9.17) is 0 Å². The van der Waals surface area contributed by atoms with E-state index in [1.54, 1.807) is 0 Å². The highest BCUT2D eigenvalue weighted by Gasteiger charge is 2.25. The first-order valence-corrected chi connectivity index (χ1v) is 4.23. The number of halogens is 3. The van der Waals surface area contributed by atoms with Crippen LogP contribution in [-0.4, -0.2) is 31.3 Å². The molecule has 0 aromatic rings. The summed E-state index contributed by atoms with van der Waals surface area (Å²) in [5.74, 6) is 0. The first-order chi connectivity index (χ1) is 5.71. The largest absolute Gasteiger partial charge is 0.401 e. The fourth-order valence-corrected chi connectivity index (χ4v) is 0.756. The Bertz CT molecular complexity index is 121. The summed E-state index contributed by atoms with van der Waals surface area (Å²) in [5.41, 5.74) is -0.0418. The van der Waals surface area contributed by atoms with Crippen molar-refractivity contribution in [1.82, 2.24) is 10.6 Å². The highest BCUT2D eigenvalue weighted by molar-refractivity contribution is 4.70. The first kappa shape index (κ1) is 12.7. The zero-order chi connectivity index (χ0) is 10.5. The van der Waals surface area contributed by atoms with E-state index in [2.05, 4.69) is 10.6 Å². The second-order valence-electron chi connectivity index (χ2n) is 3.97. The van der Waals surface area contributed by atoms with E-state index in [1.165, 1.54) is 0 Å². The molecule has 0 atom stereocenters. The normalized spacial score (nSPS) is 13.4. The first-order valence-electron chi connectivity index (χ1n) is 4.23. The maximum Gasteiger partial charge on any atom is 0.401 e. The van der Waals surface area contributed by atoms with Gasteiger partial charge in [0.15, 0.2) is 0 Å². The van der Waals surface area contributed by atoms with Crippen LogP contribution >= 0.6 is 0 Å². The Labute approximate surface area is 76.9 Å². The molecule has 0 spiro atoms. The molecule has 0 heterocycles. The molecular weight excluding hydrogens is 181 g/mol. The van der Waals surface area contributed by atoms with E-state index in [0.29, 0.717) is 13.1 Å². The lowest BCUT2D eigenvalue weighted by atomic mass is 10.1. The van der Waals surface area contributed by atoms with Crippen LogP contribution in [0.25, 0.3) is 0 Å². The standard InChI is InChI=1S/C8H17F3N2/c1-7(2,3)13-5-4-12-6-8(9,10)11/h12-13H,4-6H2,1-3H3. The van der Waals surface area contributed by atoms with Crippen molar-refractivity contribution in [3.8, 4) is 0 Å². The lowest BCUT2D eigenvalue weighted by molar-refractivity contribution is -0.124. The second kappa shape index (κ2) is 4.81. The second-order valence-corrected chi connectivity index (χ2v) is 3.97. The quantitative estimate of drug-likeness (QED) is 0.669. The van der Waals surface area contributed by atoms with Crippen LogP contribution in [0.4, 0.5) is 13.2 Å². The molecule has 0 saturated heterocycles. The van der Waals surface area contributed by atoms with Gasteiger partial charge >= 0.3 is 6.18 Å². The van der Waals surface area contributed by atoms with Crippen LogP contribution in [-0.2, 0) is 0 Å². The molecule has 2 N–H and O–H groups in total. The minimum Gasteiger partial charge on any atom is -0.311 e. The molecule has 0 aliphatic carbocycles. The monoisotopic (exact) mass is 198 g/mol. The summed E-state index contributed by atoms with van der Waals surface area (Å²) in [6.07, 6.45) is -4.11. The minimum absolute atomic E-state index is 0.0418. The number of hydrogen-bond donors (Lipinski definition) is 2. The number of rotatable bonds is 4. The molecule has 0 bridgehead atoms. The SMILES string of the molecule is CC(C)(C)NCCNCC(F)(F)F. The third-order valence-corrected chi connectivity index (χ3v) is 1.28. The summed E-state index contributed by atoms with van der Waals surface area (Å²) in [5, 5.41) is 5.39. The molecule has 0 aromatic heterocycles. The van der Waals surface area contributed by atoms with Gasteiger partial charge in [-0.1, -0.05) is 0 Å². The summed E-state index contributed by atoms with van der Waals surface area (Å²) < 4.78 is 34.9. The van der Waals surface area contributed by atoms with Gasteiger partial charge in [0.2, 0.25) is 0 Å². The fourth-order valence-electron chi connectivity index (χ4n) is 0.756. The van der Waals surface area contributed by atoms with Gasteiger partial charge in [-0.2, -0.15) is 13.2 Å². The Morgan fingerprint density at radius 3 is 1.92 bits per heavy atom. The van der Waals surface area contributed by atoms with Crippen molar-refractivity contribution in [2.75, 3.05) is 19.6 Å². The molecule has 0 radical (unpaired) electrons. The predicted molar refractivity (Wildman–Crippen MR) is 46.7 cm³/mol. The van der Waals surface area contributed by atoms with Crippen LogP contribution in [0.3, 0.4) is 0 Å². The van der Waals surface area contributed by atoms with Crippen molar-refractivity contribution < 1.29 is 13.2 Å². The van der Waals surface area contributed by atoms with Gasteiger partial charge < -0.3 is 10.6 Å². The predicted octanol–water partition coefficient (Wildman–Crippen LogP) is 1.53. The molecule has 2 nitrogen and oxygen atoms in total. The molecule has 0 aliphatic rings. The van der Waals surface area contributed by atoms with E-state index in [9.17, 15) is 13.2 Å². The van der Waals surface area contributed by atoms with Gasteiger partial charge in [-0.05, 0) is 20.8 Å². The highest BCUT2D eigenvalue weighted by Crippen LogP contribution is 2.11. The van der Waals surface area contributed by atoms with Crippen LogP contribution in [0.1, 0.15) is 20.8 Å². The number of nitrogens with one attached hydrogen (secondary N) is 2. The maximum absolute atomic E-state index is 11.6. The summed E-state index contributed by atoms with van der Waals surface area (Å²) in [4.78, 5) is 0. The van der Waals surface area contributed by atoms with Gasteiger partial charge in [0.1, 0.15) is 0 Å². The molecule has 80 valence electrons. The van der Waals surface area contributed by atoms with Gasteiger partial charge in [-0.3, -0.25) is 0 Å². The van der Waals surface area contributed by atoms with Crippen molar-refractivity contribution in [1.29, 1.82) is 0 Å². The van der Waals surface area contributed by atoms with Crippen LogP contribution in [0.5, 0.6) is 0 Å². The number of hydrogen-bond acceptors (Lipinski definition) is 2. The van der Waals surface area contributed by atoms with E-state index < -0.39 is 12.7 Å². The van der Waals surface area contributed by atoms with Gasteiger partial charge in [-0.25, -0.2) is 0 Å². The third kappa shape index (κ3) is 11.7. The van der Waals surface area contributed by atoms with E-state index >= 15 is 0 Å². The van der Waals surface area contributed by atoms with Crippen LogP contribution in [0.15, 0.2) is 0 Å². The summed E-state index contributed by atoms with van der Waals surface area (Å²) in [7, 11) is 0. The average Bonchev–Trinajstić information content (AvgIpc) is 1.81. The van der Waals surface area contributed by atoms with Crippen molar-refractivity contribution >= 4 is 0 Å². The summed E-state index contributed by atoms with van der Waals surface area (Å²) in [6, 6.07) is 0. The molecule has 0 amide bonds. The Balaban J connectivity index is 3.28. The van der Waals surface area contributed by atoms with E-state index in [1.807, 2.05) is 20.8 Å². The lowest BCUT2D eigenvalue weighted by Crippen LogP contribution is -2.41. The Morgan fingerprint density at radius 2 is 1.54 bits per heavy atom. The Kier molecular flexibility index (Phi) is 4.70. The molecule has 0 rings (SSSR count). The zero-order valence-electron chi connectivity index (χ0n) is 8.26.